The molecule has 196 valence electrons. The lowest BCUT2D eigenvalue weighted by molar-refractivity contribution is 0.402. The molecule has 0 amide bonds. The highest BCUT2D eigenvalue weighted by atomic mass is 79.9. The first-order valence-corrected chi connectivity index (χ1v) is 19.0. The van der Waals surface area contributed by atoms with Crippen LogP contribution in [0.4, 0.5) is 8.78 Å². The van der Waals surface area contributed by atoms with Crippen LogP contribution in [0.15, 0.2) is 45.3 Å². The van der Waals surface area contributed by atoms with E-state index in [4.69, 9.17) is 4.12 Å². The Morgan fingerprint density at radius 2 is 0.971 bits per heavy atom. The molecule has 0 N–H and O–H groups in total. The Balaban J connectivity index is 2.47. The second kappa shape index (κ2) is 12.0. The van der Waals surface area contributed by atoms with E-state index in [-0.39, 0.29) is 21.7 Å². The molecule has 0 saturated carbocycles. The van der Waals surface area contributed by atoms with Crippen LogP contribution in [0.5, 0.6) is 0 Å². The lowest BCUT2D eigenvalue weighted by Gasteiger charge is -2.54. The van der Waals surface area contributed by atoms with E-state index in [1.54, 1.807) is 24.3 Å². The number of hydrogen-bond acceptors (Lipinski definition) is 1. The van der Waals surface area contributed by atoms with Crippen molar-refractivity contribution < 1.29 is 12.9 Å². The molecule has 2 rings (SSSR count). The minimum Gasteiger partial charge on any atom is -0.454 e. The molecule has 0 saturated heterocycles. The number of halogens is 4. The van der Waals surface area contributed by atoms with Crippen LogP contribution >= 0.6 is 31.9 Å². The Labute approximate surface area is 231 Å². The highest BCUT2D eigenvalue weighted by Gasteiger charge is 2.55. The lowest BCUT2D eigenvalue weighted by atomic mass is 10.0. The second-order valence-corrected chi connectivity index (χ2v) is 23.2. The Kier molecular flexibility index (Phi) is 10.6. The molecule has 2 aromatic rings. The monoisotopic (exact) mass is 646 g/mol. The molecule has 1 nitrogen and oxygen atoms in total. The Bertz CT molecular complexity index is 923. The van der Waals surface area contributed by atoms with Crippen molar-refractivity contribution in [2.75, 3.05) is 0 Å². The molecule has 0 aliphatic heterocycles. The van der Waals surface area contributed by atoms with Crippen LogP contribution in [0.3, 0.4) is 0 Å². The predicted octanol–water partition coefficient (Wildman–Crippen LogP) is 10.8. The van der Waals surface area contributed by atoms with Crippen LogP contribution in [0.25, 0.3) is 0 Å². The van der Waals surface area contributed by atoms with Gasteiger partial charge in [0.25, 0.3) is 0 Å². The summed E-state index contributed by atoms with van der Waals surface area (Å²) in [5.41, 5.74) is 2.03. The van der Waals surface area contributed by atoms with Gasteiger partial charge in [0, 0.05) is 0 Å². The third-order valence-corrected chi connectivity index (χ3v) is 22.7. The molecule has 0 radical (unpaired) electrons. The van der Waals surface area contributed by atoms with Crippen LogP contribution in [0.2, 0.25) is 34.3 Å². The zero-order valence-corrected chi connectivity index (χ0v) is 27.8. The first kappa shape index (κ1) is 30.9. The first-order valence-electron chi connectivity index (χ1n) is 12.8. The molecule has 0 unspecified atom stereocenters. The molecule has 0 aliphatic rings. The van der Waals surface area contributed by atoms with Crippen LogP contribution in [0.1, 0.15) is 66.5 Å². The Morgan fingerprint density at radius 3 is 1.23 bits per heavy atom. The molecule has 2 aromatic carbocycles. The first-order chi connectivity index (χ1) is 16.2. The van der Waals surface area contributed by atoms with Gasteiger partial charge >= 0.3 is 0 Å². The van der Waals surface area contributed by atoms with Crippen LogP contribution in [0, 0.1) is 11.6 Å². The maximum Gasteiger partial charge on any atom is 0.185 e. The molecule has 0 atom stereocenters. The smallest absolute Gasteiger partial charge is 0.185 e. The van der Waals surface area contributed by atoms with E-state index in [0.717, 1.165) is 48.1 Å². The van der Waals surface area contributed by atoms with Gasteiger partial charge in [0.2, 0.25) is 0 Å². The van der Waals surface area contributed by atoms with Gasteiger partial charge < -0.3 is 4.12 Å². The van der Waals surface area contributed by atoms with Crippen molar-refractivity contribution in [1.29, 1.82) is 0 Å². The zero-order chi connectivity index (χ0) is 26.7. The van der Waals surface area contributed by atoms with E-state index in [0.29, 0.717) is 8.95 Å². The van der Waals surface area contributed by atoms with E-state index in [2.05, 4.69) is 87.2 Å². The topological polar surface area (TPSA) is 9.23 Å². The van der Waals surface area contributed by atoms with E-state index < -0.39 is 16.6 Å². The number of rotatable bonds is 12. The van der Waals surface area contributed by atoms with Crippen molar-refractivity contribution in [3.8, 4) is 0 Å². The van der Waals surface area contributed by atoms with Gasteiger partial charge in [0.1, 0.15) is 11.6 Å². The van der Waals surface area contributed by atoms with Gasteiger partial charge in [-0.25, -0.2) is 8.78 Å². The molecule has 0 spiro atoms. The fourth-order valence-electron chi connectivity index (χ4n) is 6.00. The highest BCUT2D eigenvalue weighted by molar-refractivity contribution is 9.10. The fourth-order valence-corrected chi connectivity index (χ4v) is 19.9. The summed E-state index contributed by atoms with van der Waals surface area (Å²) in [6.07, 6.45) is 1.59. The van der Waals surface area contributed by atoms with Gasteiger partial charge in [0.15, 0.2) is 16.6 Å². The van der Waals surface area contributed by atoms with Crippen molar-refractivity contribution in [3.05, 3.63) is 68.1 Å². The third-order valence-electron chi connectivity index (χ3n) is 8.40. The summed E-state index contributed by atoms with van der Waals surface area (Å²) in [5.74, 6) is -0.429. The zero-order valence-electron chi connectivity index (χ0n) is 22.6. The quantitative estimate of drug-likeness (QED) is 0.208. The van der Waals surface area contributed by atoms with Gasteiger partial charge in [0.05, 0.1) is 8.95 Å². The Hall–Kier alpha value is -0.346. The average molecular weight is 649 g/mol. The minimum absolute atomic E-state index is 0.0703. The molecular weight excluding hydrogens is 606 g/mol. The summed E-state index contributed by atoms with van der Waals surface area (Å²) in [6.45, 7) is 18.4. The molecule has 7 heteroatoms. The maximum atomic E-state index is 14.3. The number of benzene rings is 2. The highest BCUT2D eigenvalue weighted by Crippen LogP contribution is 2.53. The predicted molar refractivity (Wildman–Crippen MR) is 158 cm³/mol. The SMILES string of the molecule is CC[Si](CC)(O[Si](CC)(CC)C(C)(C)Cc1ccc(Br)c(F)c1)C(C)(C)Cc1ccc(Br)c(F)c1. The summed E-state index contributed by atoms with van der Waals surface area (Å²) in [7, 11) is -4.53. The average Bonchev–Trinajstić information content (AvgIpc) is 2.79. The van der Waals surface area contributed by atoms with E-state index in [1.807, 2.05) is 12.1 Å². The van der Waals surface area contributed by atoms with E-state index >= 15 is 0 Å². The van der Waals surface area contributed by atoms with E-state index in [1.165, 1.54) is 0 Å². The number of hydrogen-bond donors (Lipinski definition) is 0. The van der Waals surface area contributed by atoms with Gasteiger partial charge in [-0.05, 0) is 114 Å². The van der Waals surface area contributed by atoms with Gasteiger partial charge in [-0.3, -0.25) is 0 Å². The minimum atomic E-state index is -2.26. The van der Waals surface area contributed by atoms with Crippen molar-refractivity contribution in [3.63, 3.8) is 0 Å². The maximum absolute atomic E-state index is 14.3. The molecule has 0 aliphatic carbocycles. The van der Waals surface area contributed by atoms with Gasteiger partial charge in [-0.15, -0.1) is 0 Å². The third kappa shape index (κ3) is 6.57. The van der Waals surface area contributed by atoms with Crippen LogP contribution < -0.4 is 0 Å². The molecular formula is C28H42Br2F2OSi2. The summed E-state index contributed by atoms with van der Waals surface area (Å²) >= 11 is 6.56. The van der Waals surface area contributed by atoms with Crippen molar-refractivity contribution >= 4 is 48.5 Å². The fraction of sp³-hybridized carbons (Fsp3) is 0.571. The van der Waals surface area contributed by atoms with Crippen molar-refractivity contribution in [2.24, 2.45) is 0 Å². The largest absolute Gasteiger partial charge is 0.454 e. The molecule has 0 aromatic heterocycles. The van der Waals surface area contributed by atoms with Crippen molar-refractivity contribution in [2.45, 2.75) is 102 Å². The van der Waals surface area contributed by atoms with E-state index in [9.17, 15) is 8.78 Å². The standard InChI is InChI=1S/C28H42Br2F2OSi2/c1-9-34(10-2,27(5,6)19-21-13-15-23(29)25(31)17-21)33-35(11-3,12-4)28(7,8)20-22-14-16-24(30)26(32)18-22/h13-18H,9-12,19-20H2,1-8H3. The molecule has 0 bridgehead atoms. The lowest BCUT2D eigenvalue weighted by Crippen LogP contribution is -2.60. The van der Waals surface area contributed by atoms with Crippen LogP contribution in [-0.4, -0.2) is 16.6 Å². The molecule has 0 heterocycles. The second-order valence-electron chi connectivity index (χ2n) is 11.1. The van der Waals surface area contributed by atoms with Crippen molar-refractivity contribution in [1.82, 2.24) is 0 Å². The molecule has 0 fully saturated rings. The normalized spacial score (nSPS) is 13.4. The Morgan fingerprint density at radius 1 is 0.657 bits per heavy atom. The summed E-state index contributed by atoms with van der Waals surface area (Å²) in [5, 5.41) is -0.141. The van der Waals surface area contributed by atoms with Gasteiger partial charge in [-0.2, -0.15) is 0 Å². The van der Waals surface area contributed by atoms with Gasteiger partial charge in [-0.1, -0.05) is 67.5 Å². The summed E-state index contributed by atoms with van der Waals surface area (Å²) in [4.78, 5) is 0. The van der Waals surface area contributed by atoms with Crippen LogP contribution in [-0.2, 0) is 17.0 Å². The molecule has 35 heavy (non-hydrogen) atoms. The summed E-state index contributed by atoms with van der Waals surface area (Å²) < 4.78 is 37.3. The summed E-state index contributed by atoms with van der Waals surface area (Å²) in [6, 6.07) is 15.1.